The Labute approximate surface area is 55.3 Å². The van der Waals surface area contributed by atoms with Crippen LogP contribution in [0.3, 0.4) is 0 Å². The Morgan fingerprint density at radius 3 is 2.22 bits per heavy atom. The van der Waals surface area contributed by atoms with E-state index in [1.165, 1.54) is 0 Å². The molecule has 2 nitrogen and oxygen atoms in total. The Morgan fingerprint density at radius 1 is 1.33 bits per heavy atom. The molecule has 0 aliphatic rings. The molecule has 0 aromatic rings. The fourth-order valence-corrected chi connectivity index (χ4v) is 1.07. The van der Waals surface area contributed by atoms with Gasteiger partial charge in [-0.3, -0.25) is 0 Å². The number of rotatable bonds is 4. The summed E-state index contributed by atoms with van der Waals surface area (Å²) in [4.78, 5) is 0. The van der Waals surface area contributed by atoms with E-state index in [4.69, 9.17) is 0 Å². The zero-order valence-electron chi connectivity index (χ0n) is 5.43. The molecular formula is C5H11FO2S. The van der Waals surface area contributed by atoms with E-state index >= 15 is 0 Å². The maximum Gasteiger partial charge on any atom is 0.302 e. The van der Waals surface area contributed by atoms with E-state index in [1.807, 2.05) is 6.92 Å². The van der Waals surface area contributed by atoms with E-state index < -0.39 is 10.2 Å². The van der Waals surface area contributed by atoms with Crippen LogP contribution in [0.25, 0.3) is 0 Å². The molecule has 0 saturated heterocycles. The lowest BCUT2D eigenvalue weighted by Gasteiger charge is -1.91. The highest BCUT2D eigenvalue weighted by molar-refractivity contribution is 7.86. The Hall–Kier alpha value is -0.120. The van der Waals surface area contributed by atoms with Gasteiger partial charge in [0, 0.05) is 0 Å². The normalized spacial score (nSPS) is 11.8. The van der Waals surface area contributed by atoms with Crippen LogP contribution in [0.15, 0.2) is 0 Å². The highest BCUT2D eigenvalue weighted by Gasteiger charge is 2.04. The summed E-state index contributed by atoms with van der Waals surface area (Å²) in [7, 11) is -4.20. The van der Waals surface area contributed by atoms with Crippen molar-refractivity contribution in [1.82, 2.24) is 0 Å². The topological polar surface area (TPSA) is 34.1 Å². The zero-order valence-corrected chi connectivity index (χ0v) is 6.25. The van der Waals surface area contributed by atoms with Gasteiger partial charge in [-0.05, 0) is 6.42 Å². The first-order valence-electron chi connectivity index (χ1n) is 2.98. The van der Waals surface area contributed by atoms with Crippen LogP contribution in [0.5, 0.6) is 0 Å². The Balaban J connectivity index is 3.30. The van der Waals surface area contributed by atoms with Crippen molar-refractivity contribution in [3.05, 3.63) is 0 Å². The molecule has 0 aromatic heterocycles. The number of hydrogen-bond donors (Lipinski definition) is 0. The minimum absolute atomic E-state index is 0.319. The standard InChI is InChI=1S/C5H11FO2S/c1-2-3-4-5-9(6,7)8/h2-5H2,1H3. The summed E-state index contributed by atoms with van der Waals surface area (Å²) in [5, 5.41) is 0. The molecule has 0 heterocycles. The van der Waals surface area contributed by atoms with Gasteiger partial charge in [-0.25, -0.2) is 0 Å². The third-order valence-electron chi connectivity index (χ3n) is 0.992. The molecule has 56 valence electrons. The molecule has 0 saturated carbocycles. The number of hydrogen-bond acceptors (Lipinski definition) is 2. The SMILES string of the molecule is CCCCCS(=O)(=O)F. The highest BCUT2D eigenvalue weighted by Crippen LogP contribution is 1.99. The third-order valence-corrected chi connectivity index (χ3v) is 1.77. The smallest absolute Gasteiger partial charge is 0.195 e. The van der Waals surface area contributed by atoms with Crippen molar-refractivity contribution in [3.63, 3.8) is 0 Å². The maximum absolute atomic E-state index is 11.7. The first-order chi connectivity index (χ1) is 4.06. The van der Waals surface area contributed by atoms with Gasteiger partial charge in [-0.1, -0.05) is 19.8 Å². The van der Waals surface area contributed by atoms with E-state index in [0.717, 1.165) is 12.8 Å². The summed E-state index contributed by atoms with van der Waals surface area (Å²) in [6.07, 6.45) is 2.13. The molecular weight excluding hydrogens is 143 g/mol. The molecule has 0 aliphatic heterocycles. The van der Waals surface area contributed by atoms with Crippen LogP contribution in [-0.2, 0) is 10.2 Å². The molecule has 0 fully saturated rings. The van der Waals surface area contributed by atoms with E-state index in [1.54, 1.807) is 0 Å². The van der Waals surface area contributed by atoms with Crippen LogP contribution in [0.2, 0.25) is 0 Å². The van der Waals surface area contributed by atoms with Crippen molar-refractivity contribution in [2.24, 2.45) is 0 Å². The minimum atomic E-state index is -4.20. The quantitative estimate of drug-likeness (QED) is 0.454. The minimum Gasteiger partial charge on any atom is -0.195 e. The molecule has 0 radical (unpaired) electrons. The molecule has 0 bridgehead atoms. The van der Waals surface area contributed by atoms with Gasteiger partial charge in [0.2, 0.25) is 0 Å². The lowest BCUT2D eigenvalue weighted by molar-refractivity contribution is 0.547. The van der Waals surface area contributed by atoms with Crippen molar-refractivity contribution in [2.75, 3.05) is 5.75 Å². The number of halogens is 1. The largest absolute Gasteiger partial charge is 0.302 e. The number of unbranched alkanes of at least 4 members (excludes halogenated alkanes) is 2. The summed E-state index contributed by atoms with van der Waals surface area (Å²) >= 11 is 0. The van der Waals surface area contributed by atoms with Gasteiger partial charge in [0.1, 0.15) is 0 Å². The van der Waals surface area contributed by atoms with Crippen molar-refractivity contribution < 1.29 is 12.3 Å². The lowest BCUT2D eigenvalue weighted by atomic mass is 10.3. The van der Waals surface area contributed by atoms with Gasteiger partial charge in [0.15, 0.2) is 0 Å². The van der Waals surface area contributed by atoms with Crippen LogP contribution >= 0.6 is 0 Å². The maximum atomic E-state index is 11.7. The molecule has 0 amide bonds. The van der Waals surface area contributed by atoms with Crippen LogP contribution in [0.1, 0.15) is 26.2 Å². The highest BCUT2D eigenvalue weighted by atomic mass is 32.3. The molecule has 0 aliphatic carbocycles. The fraction of sp³-hybridized carbons (Fsp3) is 1.00. The van der Waals surface area contributed by atoms with E-state index in [9.17, 15) is 12.3 Å². The molecule has 4 heteroatoms. The predicted molar refractivity (Wildman–Crippen MR) is 34.4 cm³/mol. The molecule has 0 rings (SSSR count). The Morgan fingerprint density at radius 2 is 1.89 bits per heavy atom. The van der Waals surface area contributed by atoms with Gasteiger partial charge in [0.25, 0.3) is 0 Å². The van der Waals surface area contributed by atoms with Gasteiger partial charge in [-0.15, -0.1) is 3.89 Å². The van der Waals surface area contributed by atoms with Crippen LogP contribution in [-0.4, -0.2) is 14.2 Å². The second-order valence-corrected chi connectivity index (χ2v) is 3.44. The summed E-state index contributed by atoms with van der Waals surface area (Å²) in [5.41, 5.74) is 0. The molecule has 0 atom stereocenters. The second-order valence-electron chi connectivity index (χ2n) is 1.95. The van der Waals surface area contributed by atoms with Crippen LogP contribution in [0.4, 0.5) is 3.89 Å². The summed E-state index contributed by atoms with van der Waals surface area (Å²) in [6.45, 7) is 1.94. The van der Waals surface area contributed by atoms with Crippen LogP contribution in [0, 0.1) is 0 Å². The Kier molecular flexibility index (Phi) is 3.77. The zero-order chi connectivity index (χ0) is 7.33. The van der Waals surface area contributed by atoms with Gasteiger partial charge < -0.3 is 0 Å². The van der Waals surface area contributed by atoms with Gasteiger partial charge in [0.05, 0.1) is 5.75 Å². The van der Waals surface area contributed by atoms with E-state index in [0.29, 0.717) is 6.42 Å². The molecule has 0 unspecified atom stereocenters. The molecule has 0 N–H and O–H groups in total. The third kappa shape index (κ3) is 7.88. The fourth-order valence-electron chi connectivity index (χ4n) is 0.524. The summed E-state index contributed by atoms with van der Waals surface area (Å²) in [5.74, 6) is -0.319. The van der Waals surface area contributed by atoms with Gasteiger partial charge in [-0.2, -0.15) is 8.42 Å². The van der Waals surface area contributed by atoms with E-state index in [-0.39, 0.29) is 5.75 Å². The summed E-state index contributed by atoms with van der Waals surface area (Å²) < 4.78 is 31.4. The van der Waals surface area contributed by atoms with Crippen LogP contribution < -0.4 is 0 Å². The summed E-state index contributed by atoms with van der Waals surface area (Å²) in [6, 6.07) is 0. The van der Waals surface area contributed by atoms with Gasteiger partial charge >= 0.3 is 10.2 Å². The first-order valence-corrected chi connectivity index (χ1v) is 4.54. The first kappa shape index (κ1) is 8.88. The van der Waals surface area contributed by atoms with Crippen molar-refractivity contribution >= 4 is 10.2 Å². The van der Waals surface area contributed by atoms with Crippen molar-refractivity contribution in [3.8, 4) is 0 Å². The lowest BCUT2D eigenvalue weighted by Crippen LogP contribution is -1.97. The Bertz CT molecular complexity index is 150. The molecule has 0 spiro atoms. The second kappa shape index (κ2) is 3.82. The average Bonchev–Trinajstić information content (AvgIpc) is 1.63. The van der Waals surface area contributed by atoms with E-state index in [2.05, 4.69) is 0 Å². The van der Waals surface area contributed by atoms with Crippen molar-refractivity contribution in [1.29, 1.82) is 0 Å². The molecule has 9 heavy (non-hydrogen) atoms. The monoisotopic (exact) mass is 154 g/mol. The predicted octanol–water partition coefficient (Wildman–Crippen LogP) is 1.48. The molecule has 0 aromatic carbocycles. The van der Waals surface area contributed by atoms with Crippen molar-refractivity contribution in [2.45, 2.75) is 26.2 Å². The average molecular weight is 154 g/mol.